The molecule has 4 unspecified atom stereocenters. The van der Waals surface area contributed by atoms with Crippen LogP contribution in [0.1, 0.15) is 46.5 Å². The lowest BCUT2D eigenvalue weighted by Gasteiger charge is -2.47. The van der Waals surface area contributed by atoms with Crippen LogP contribution in [-0.4, -0.2) is 53.6 Å². The molecular weight excluding hydrogens is 222 g/mol. The van der Waals surface area contributed by atoms with Crippen LogP contribution in [0.5, 0.6) is 0 Å². The fraction of sp³-hybridized carbons (Fsp3) is 1.00. The predicted molar refractivity (Wildman–Crippen MR) is 75.5 cm³/mol. The van der Waals surface area contributed by atoms with E-state index in [4.69, 9.17) is 5.73 Å². The van der Waals surface area contributed by atoms with Crippen molar-refractivity contribution >= 4 is 0 Å². The first kappa shape index (κ1) is 12.9. The molecule has 0 aromatic rings. The van der Waals surface area contributed by atoms with Crippen LogP contribution in [-0.2, 0) is 0 Å². The molecule has 3 rings (SSSR count). The molecule has 2 heterocycles. The molecule has 3 fully saturated rings. The third kappa shape index (κ3) is 2.00. The SMILES string of the molecule is CC1CN2CCCC2CN1C1CCC(C)(C)C1N. The molecule has 1 saturated carbocycles. The van der Waals surface area contributed by atoms with Crippen molar-refractivity contribution in [1.29, 1.82) is 0 Å². The van der Waals surface area contributed by atoms with Gasteiger partial charge in [-0.1, -0.05) is 13.8 Å². The number of rotatable bonds is 1. The average molecular weight is 251 g/mol. The topological polar surface area (TPSA) is 32.5 Å². The van der Waals surface area contributed by atoms with E-state index in [2.05, 4.69) is 30.6 Å². The molecule has 104 valence electrons. The molecule has 0 bridgehead atoms. The lowest BCUT2D eigenvalue weighted by molar-refractivity contribution is 0.0207. The number of nitrogens with two attached hydrogens (primary N) is 1. The predicted octanol–water partition coefficient (Wildman–Crippen LogP) is 1.67. The van der Waals surface area contributed by atoms with E-state index in [1.54, 1.807) is 0 Å². The highest BCUT2D eigenvalue weighted by atomic mass is 15.3. The molecule has 4 atom stereocenters. The summed E-state index contributed by atoms with van der Waals surface area (Å²) >= 11 is 0. The Morgan fingerprint density at radius 3 is 2.61 bits per heavy atom. The Balaban J connectivity index is 1.72. The standard InChI is InChI=1S/C15H29N3/c1-11-9-17-8-4-5-12(17)10-18(11)13-6-7-15(2,3)14(13)16/h11-14H,4-10,16H2,1-3H3. The van der Waals surface area contributed by atoms with Crippen molar-refractivity contribution in [3.8, 4) is 0 Å². The molecule has 2 N–H and O–H groups in total. The minimum atomic E-state index is 0.331. The van der Waals surface area contributed by atoms with Gasteiger partial charge in [-0.05, 0) is 44.6 Å². The second kappa shape index (κ2) is 4.46. The van der Waals surface area contributed by atoms with E-state index in [0.29, 0.717) is 23.5 Å². The maximum atomic E-state index is 6.53. The van der Waals surface area contributed by atoms with Crippen LogP contribution >= 0.6 is 0 Å². The van der Waals surface area contributed by atoms with Gasteiger partial charge in [0.05, 0.1) is 0 Å². The average Bonchev–Trinajstić information content (AvgIpc) is 2.84. The van der Waals surface area contributed by atoms with Gasteiger partial charge in [-0.25, -0.2) is 0 Å². The maximum Gasteiger partial charge on any atom is 0.0256 e. The summed E-state index contributed by atoms with van der Waals surface area (Å²) < 4.78 is 0. The molecule has 3 nitrogen and oxygen atoms in total. The van der Waals surface area contributed by atoms with E-state index in [-0.39, 0.29) is 0 Å². The molecule has 0 amide bonds. The largest absolute Gasteiger partial charge is 0.326 e. The lowest BCUT2D eigenvalue weighted by Crippen LogP contribution is -2.61. The quantitative estimate of drug-likeness (QED) is 0.769. The van der Waals surface area contributed by atoms with E-state index in [9.17, 15) is 0 Å². The maximum absolute atomic E-state index is 6.53. The van der Waals surface area contributed by atoms with E-state index in [1.165, 1.54) is 45.3 Å². The molecule has 3 heteroatoms. The van der Waals surface area contributed by atoms with Gasteiger partial charge in [0.15, 0.2) is 0 Å². The lowest BCUT2D eigenvalue weighted by atomic mass is 9.86. The van der Waals surface area contributed by atoms with Crippen molar-refractivity contribution in [2.75, 3.05) is 19.6 Å². The minimum absolute atomic E-state index is 0.331. The zero-order valence-electron chi connectivity index (χ0n) is 12.2. The Labute approximate surface area is 112 Å². The van der Waals surface area contributed by atoms with Gasteiger partial charge >= 0.3 is 0 Å². The monoisotopic (exact) mass is 251 g/mol. The second-order valence-electron chi connectivity index (χ2n) is 7.46. The molecule has 0 aromatic carbocycles. The van der Waals surface area contributed by atoms with E-state index in [1.807, 2.05) is 0 Å². The molecule has 0 radical (unpaired) electrons. The van der Waals surface area contributed by atoms with Gasteiger partial charge in [0.1, 0.15) is 0 Å². The number of hydrogen-bond donors (Lipinski definition) is 1. The van der Waals surface area contributed by atoms with Crippen LogP contribution in [0.3, 0.4) is 0 Å². The minimum Gasteiger partial charge on any atom is -0.326 e. The van der Waals surface area contributed by atoms with Gasteiger partial charge in [0.2, 0.25) is 0 Å². The highest BCUT2D eigenvalue weighted by Gasteiger charge is 2.46. The van der Waals surface area contributed by atoms with Crippen LogP contribution in [0.4, 0.5) is 0 Å². The highest BCUT2D eigenvalue weighted by Crippen LogP contribution is 2.40. The normalized spacial score (nSPS) is 45.3. The van der Waals surface area contributed by atoms with Gasteiger partial charge < -0.3 is 5.73 Å². The van der Waals surface area contributed by atoms with Crippen molar-refractivity contribution in [3.05, 3.63) is 0 Å². The molecular formula is C15H29N3. The van der Waals surface area contributed by atoms with Crippen molar-refractivity contribution in [2.24, 2.45) is 11.1 Å². The fourth-order valence-corrected chi connectivity index (χ4v) is 4.43. The summed E-state index contributed by atoms with van der Waals surface area (Å²) in [4.78, 5) is 5.44. The fourth-order valence-electron chi connectivity index (χ4n) is 4.43. The first-order chi connectivity index (χ1) is 8.49. The Bertz CT molecular complexity index is 315. The molecule has 0 aromatic heterocycles. The highest BCUT2D eigenvalue weighted by molar-refractivity contribution is 5.03. The zero-order valence-corrected chi connectivity index (χ0v) is 12.2. The van der Waals surface area contributed by atoms with Gasteiger partial charge in [-0.15, -0.1) is 0 Å². The van der Waals surface area contributed by atoms with Gasteiger partial charge in [0.25, 0.3) is 0 Å². The van der Waals surface area contributed by atoms with E-state index < -0.39 is 0 Å². The Morgan fingerprint density at radius 1 is 1.17 bits per heavy atom. The Kier molecular flexibility index (Phi) is 3.20. The molecule has 1 aliphatic carbocycles. The Hall–Kier alpha value is -0.120. The van der Waals surface area contributed by atoms with Crippen LogP contribution in [0.15, 0.2) is 0 Å². The summed E-state index contributed by atoms with van der Waals surface area (Å²) in [5.74, 6) is 0. The van der Waals surface area contributed by atoms with Gasteiger partial charge in [0, 0.05) is 37.3 Å². The van der Waals surface area contributed by atoms with Crippen molar-refractivity contribution in [1.82, 2.24) is 9.80 Å². The smallest absolute Gasteiger partial charge is 0.0256 e. The van der Waals surface area contributed by atoms with Crippen molar-refractivity contribution in [2.45, 2.75) is 70.6 Å². The molecule has 0 spiro atoms. The third-order valence-electron chi connectivity index (χ3n) is 5.81. The summed E-state index contributed by atoms with van der Waals surface area (Å²) in [7, 11) is 0. The number of nitrogens with zero attached hydrogens (tertiary/aromatic N) is 2. The van der Waals surface area contributed by atoms with Crippen molar-refractivity contribution in [3.63, 3.8) is 0 Å². The summed E-state index contributed by atoms with van der Waals surface area (Å²) in [6, 6.07) is 2.48. The number of fused-ring (bicyclic) bond motifs is 1. The third-order valence-corrected chi connectivity index (χ3v) is 5.81. The molecule has 18 heavy (non-hydrogen) atoms. The van der Waals surface area contributed by atoms with Crippen LogP contribution < -0.4 is 5.73 Å². The number of piperazine rings is 1. The van der Waals surface area contributed by atoms with E-state index >= 15 is 0 Å². The summed E-state index contributed by atoms with van der Waals surface area (Å²) in [6.07, 6.45) is 5.38. The Morgan fingerprint density at radius 2 is 1.94 bits per heavy atom. The summed E-state index contributed by atoms with van der Waals surface area (Å²) in [6.45, 7) is 10.9. The zero-order chi connectivity index (χ0) is 12.9. The molecule has 3 aliphatic rings. The van der Waals surface area contributed by atoms with Crippen LogP contribution in [0.2, 0.25) is 0 Å². The first-order valence-corrected chi connectivity index (χ1v) is 7.74. The molecule has 2 aliphatic heterocycles. The van der Waals surface area contributed by atoms with Crippen LogP contribution in [0, 0.1) is 5.41 Å². The summed E-state index contributed by atoms with van der Waals surface area (Å²) in [5.41, 5.74) is 6.86. The van der Waals surface area contributed by atoms with Gasteiger partial charge in [-0.3, -0.25) is 9.80 Å². The summed E-state index contributed by atoms with van der Waals surface area (Å²) in [5, 5.41) is 0. The van der Waals surface area contributed by atoms with Gasteiger partial charge in [-0.2, -0.15) is 0 Å². The van der Waals surface area contributed by atoms with Crippen LogP contribution in [0.25, 0.3) is 0 Å². The second-order valence-corrected chi connectivity index (χ2v) is 7.46. The molecule has 2 saturated heterocycles. The van der Waals surface area contributed by atoms with Crippen molar-refractivity contribution < 1.29 is 0 Å². The first-order valence-electron chi connectivity index (χ1n) is 7.74. The number of hydrogen-bond acceptors (Lipinski definition) is 3. The van der Waals surface area contributed by atoms with E-state index in [0.717, 1.165) is 6.04 Å².